The van der Waals surface area contributed by atoms with Crippen molar-refractivity contribution in [3.05, 3.63) is 111 Å². The monoisotopic (exact) mass is 566 g/mol. The molecule has 3 aromatic carbocycles. The average Bonchev–Trinajstić information content (AvgIpc) is 3.56. The molecule has 0 spiro atoms. The third kappa shape index (κ3) is 5.21. The van der Waals surface area contributed by atoms with Gasteiger partial charge in [-0.1, -0.05) is 71.8 Å². The Bertz CT molecular complexity index is 1340. The molecule has 40 heavy (non-hydrogen) atoms. The molecule has 0 aliphatic carbocycles. The lowest BCUT2D eigenvalue weighted by Crippen LogP contribution is -2.53. The fourth-order valence-electron chi connectivity index (χ4n) is 5.71. The van der Waals surface area contributed by atoms with Crippen molar-refractivity contribution >= 4 is 17.3 Å². The first-order valence-corrected chi connectivity index (χ1v) is 13.7. The van der Waals surface area contributed by atoms with E-state index < -0.39 is 48.6 Å². The number of anilines is 1. The van der Waals surface area contributed by atoms with Crippen LogP contribution in [0.3, 0.4) is 0 Å². The van der Waals surface area contributed by atoms with Crippen LogP contribution in [-0.2, 0) is 30.4 Å². The number of halogens is 1. The first-order chi connectivity index (χ1) is 19.2. The van der Waals surface area contributed by atoms with E-state index >= 15 is 0 Å². The number of hydrogen-bond acceptors (Lipinski definition) is 8. The standard InChI is InChI=1S/C30H31ClN2O7/c1-18-9-15-22(16-10-18)32-23(24(33(34)35)25(40-32)20-11-13-21(31)14-12-20)26-27(36-17-19-7-5-4-6-8-19)28-29(37-26)39-30(2,3)38-28/h4-16,23-29H,17H2,1-3H3/t23-,24+,25-,26+,27-,28+,29+/m0/s1. The highest BCUT2D eigenvalue weighted by Gasteiger charge is 2.65. The Balaban J connectivity index is 1.40. The van der Waals surface area contributed by atoms with E-state index in [1.54, 1.807) is 29.3 Å². The van der Waals surface area contributed by atoms with Gasteiger partial charge in [-0.2, -0.15) is 0 Å². The van der Waals surface area contributed by atoms with E-state index in [0.717, 1.165) is 11.1 Å². The van der Waals surface area contributed by atoms with Crippen molar-refractivity contribution in [1.82, 2.24) is 0 Å². The SMILES string of the molecule is Cc1ccc(N2O[C@@H](c3ccc(Cl)cc3)[C@H]([N+](=O)[O-])[C@H]2[C@H]2O[C@@H]3OC(C)(C)O[C@@H]3[C@H]2OCc2ccccc2)cc1. The summed E-state index contributed by atoms with van der Waals surface area (Å²) in [6, 6.07) is 22.2. The molecule has 3 saturated heterocycles. The second-order valence-corrected chi connectivity index (χ2v) is 11.3. The van der Waals surface area contributed by atoms with Gasteiger partial charge in [0.15, 0.2) is 24.2 Å². The molecule has 9 nitrogen and oxygen atoms in total. The molecule has 3 aromatic rings. The van der Waals surface area contributed by atoms with Crippen LogP contribution in [0.25, 0.3) is 0 Å². The van der Waals surface area contributed by atoms with Crippen molar-refractivity contribution in [3.8, 4) is 0 Å². The second kappa shape index (κ2) is 10.7. The Morgan fingerprint density at radius 3 is 2.35 bits per heavy atom. The highest BCUT2D eigenvalue weighted by molar-refractivity contribution is 6.30. The van der Waals surface area contributed by atoms with Crippen LogP contribution in [0.4, 0.5) is 5.69 Å². The topological polar surface area (TPSA) is 92.5 Å². The Morgan fingerprint density at radius 2 is 1.68 bits per heavy atom. The lowest BCUT2D eigenvalue weighted by Gasteiger charge is -2.33. The Kier molecular flexibility index (Phi) is 7.28. The van der Waals surface area contributed by atoms with Gasteiger partial charge in [0.05, 0.1) is 12.3 Å². The lowest BCUT2D eigenvalue weighted by molar-refractivity contribution is -0.532. The van der Waals surface area contributed by atoms with Crippen LogP contribution in [0.1, 0.15) is 36.6 Å². The molecule has 3 aliphatic heterocycles. The first-order valence-electron chi connectivity index (χ1n) is 13.3. The summed E-state index contributed by atoms with van der Waals surface area (Å²) in [5.74, 6) is -0.883. The maximum atomic E-state index is 12.8. The third-order valence-corrected chi connectivity index (χ3v) is 7.79. The van der Waals surface area contributed by atoms with E-state index in [4.69, 9.17) is 35.4 Å². The third-order valence-electron chi connectivity index (χ3n) is 7.54. The summed E-state index contributed by atoms with van der Waals surface area (Å²) in [6.07, 6.45) is -3.69. The van der Waals surface area contributed by atoms with Crippen LogP contribution in [-0.4, -0.2) is 47.4 Å². The molecule has 10 heteroatoms. The van der Waals surface area contributed by atoms with Crippen molar-refractivity contribution in [2.75, 3.05) is 5.06 Å². The van der Waals surface area contributed by atoms with Crippen molar-refractivity contribution in [2.24, 2.45) is 0 Å². The van der Waals surface area contributed by atoms with Gasteiger partial charge in [-0.25, -0.2) is 5.06 Å². The van der Waals surface area contributed by atoms with Crippen molar-refractivity contribution in [3.63, 3.8) is 0 Å². The van der Waals surface area contributed by atoms with E-state index in [2.05, 4.69) is 0 Å². The normalized spacial score (nSPS) is 30.9. The van der Waals surface area contributed by atoms with Gasteiger partial charge in [0.1, 0.15) is 18.3 Å². The zero-order chi connectivity index (χ0) is 28.0. The molecular weight excluding hydrogens is 536 g/mol. The van der Waals surface area contributed by atoms with Crippen molar-refractivity contribution in [1.29, 1.82) is 0 Å². The van der Waals surface area contributed by atoms with Crippen molar-refractivity contribution < 1.29 is 28.7 Å². The molecule has 6 rings (SSSR count). The summed E-state index contributed by atoms with van der Waals surface area (Å²) in [6.45, 7) is 5.88. The van der Waals surface area contributed by atoms with Crippen LogP contribution in [0.5, 0.6) is 0 Å². The summed E-state index contributed by atoms with van der Waals surface area (Å²) < 4.78 is 25.2. The number of aryl methyl sites for hydroxylation is 1. The van der Waals surface area contributed by atoms with E-state index in [1.807, 2.05) is 75.4 Å². The summed E-state index contributed by atoms with van der Waals surface area (Å²) in [5, 5.41) is 14.9. The smallest absolute Gasteiger partial charge is 0.270 e. The van der Waals surface area contributed by atoms with Crippen LogP contribution >= 0.6 is 11.6 Å². The molecule has 0 amide bonds. The molecule has 0 bridgehead atoms. The molecule has 210 valence electrons. The summed E-state index contributed by atoms with van der Waals surface area (Å²) in [7, 11) is 0. The summed E-state index contributed by atoms with van der Waals surface area (Å²) in [5.41, 5.74) is 3.33. The largest absolute Gasteiger partial charge is 0.368 e. The number of nitro groups is 1. The van der Waals surface area contributed by atoms with Gasteiger partial charge in [-0.3, -0.25) is 15.0 Å². The maximum absolute atomic E-state index is 12.8. The molecule has 0 radical (unpaired) electrons. The fraction of sp³-hybridized carbons (Fsp3) is 0.400. The first kappa shape index (κ1) is 27.1. The molecule has 3 heterocycles. The van der Waals surface area contributed by atoms with E-state index in [0.29, 0.717) is 16.3 Å². The van der Waals surface area contributed by atoms with Gasteiger partial charge in [0.2, 0.25) is 0 Å². The minimum absolute atomic E-state index is 0.278. The number of hydrogen-bond donors (Lipinski definition) is 0. The molecule has 0 saturated carbocycles. The summed E-state index contributed by atoms with van der Waals surface area (Å²) >= 11 is 6.12. The zero-order valence-corrected chi connectivity index (χ0v) is 23.1. The van der Waals surface area contributed by atoms with Crippen LogP contribution < -0.4 is 5.06 Å². The number of hydroxylamine groups is 1. The predicted molar refractivity (Wildman–Crippen MR) is 147 cm³/mol. The zero-order valence-electron chi connectivity index (χ0n) is 22.4. The highest BCUT2D eigenvalue weighted by atomic mass is 35.5. The van der Waals surface area contributed by atoms with Gasteiger partial charge >= 0.3 is 0 Å². The van der Waals surface area contributed by atoms with Gasteiger partial charge in [0.25, 0.3) is 6.04 Å². The van der Waals surface area contributed by atoms with Crippen LogP contribution in [0, 0.1) is 17.0 Å². The maximum Gasteiger partial charge on any atom is 0.270 e. The second-order valence-electron chi connectivity index (χ2n) is 10.8. The van der Waals surface area contributed by atoms with Crippen LogP contribution in [0.15, 0.2) is 78.9 Å². The van der Waals surface area contributed by atoms with Gasteiger partial charge < -0.3 is 18.9 Å². The molecule has 0 N–H and O–H groups in total. The Labute approximate surface area is 237 Å². The number of nitrogens with zero attached hydrogens (tertiary/aromatic N) is 2. The minimum Gasteiger partial charge on any atom is -0.368 e. The van der Waals surface area contributed by atoms with Gasteiger partial charge in [0, 0.05) is 9.95 Å². The minimum atomic E-state index is -1.19. The molecule has 7 atom stereocenters. The molecule has 3 fully saturated rings. The average molecular weight is 567 g/mol. The number of ether oxygens (including phenoxy) is 4. The molecule has 0 aromatic heterocycles. The Hall–Kier alpha value is -3.05. The number of benzene rings is 3. The quantitative estimate of drug-likeness (QED) is 0.269. The van der Waals surface area contributed by atoms with Gasteiger partial charge in [-0.15, -0.1) is 0 Å². The molecule has 3 aliphatic rings. The summed E-state index contributed by atoms with van der Waals surface area (Å²) in [4.78, 5) is 18.9. The molecule has 0 unspecified atom stereocenters. The van der Waals surface area contributed by atoms with E-state index in [1.165, 1.54) is 0 Å². The lowest BCUT2D eigenvalue weighted by atomic mass is 9.91. The van der Waals surface area contributed by atoms with Crippen molar-refractivity contribution in [2.45, 2.75) is 76.0 Å². The fourth-order valence-corrected chi connectivity index (χ4v) is 5.83. The highest BCUT2D eigenvalue weighted by Crippen LogP contribution is 2.47. The number of rotatable bonds is 7. The predicted octanol–water partition coefficient (Wildman–Crippen LogP) is 5.62. The Morgan fingerprint density at radius 1 is 0.975 bits per heavy atom. The van der Waals surface area contributed by atoms with Gasteiger partial charge in [-0.05, 0) is 56.2 Å². The van der Waals surface area contributed by atoms with Crippen LogP contribution in [0.2, 0.25) is 5.02 Å². The van der Waals surface area contributed by atoms with E-state index in [9.17, 15) is 10.1 Å². The molecular formula is C30H31ClN2O7. The van der Waals surface area contributed by atoms with E-state index in [-0.39, 0.29) is 11.5 Å². The number of fused-ring (bicyclic) bond motifs is 1.